The molecular weight excluding hydrogens is 384 g/mol. The second kappa shape index (κ2) is 7.47. The summed E-state index contributed by atoms with van der Waals surface area (Å²) in [5, 5.41) is 3.35. The summed E-state index contributed by atoms with van der Waals surface area (Å²) in [5.74, 6) is 0.412. The van der Waals surface area contributed by atoms with Crippen LogP contribution in [0.15, 0.2) is 54.7 Å². The molecule has 152 valence electrons. The van der Waals surface area contributed by atoms with Crippen molar-refractivity contribution in [1.82, 2.24) is 15.2 Å². The van der Waals surface area contributed by atoms with Crippen LogP contribution in [0.4, 0.5) is 4.79 Å². The van der Waals surface area contributed by atoms with Gasteiger partial charge in [-0.2, -0.15) is 0 Å². The maximum atomic E-state index is 12.9. The molecule has 3 aromatic rings. The summed E-state index contributed by atoms with van der Waals surface area (Å²) < 4.78 is 5.23. The molecule has 8 nitrogen and oxygen atoms in total. The molecule has 1 unspecified atom stereocenters. The van der Waals surface area contributed by atoms with Gasteiger partial charge in [0.05, 0.1) is 19.2 Å². The average Bonchev–Trinajstić information content (AvgIpc) is 3.06. The lowest BCUT2D eigenvalue weighted by Crippen LogP contribution is -2.56. The summed E-state index contributed by atoms with van der Waals surface area (Å²) in [7, 11) is 1.55. The van der Waals surface area contributed by atoms with Gasteiger partial charge in [0, 0.05) is 23.7 Å². The minimum absolute atomic E-state index is 0.0684. The number of methoxy groups -OCH3 is 1. The van der Waals surface area contributed by atoms with Gasteiger partial charge in [-0.1, -0.05) is 12.1 Å². The van der Waals surface area contributed by atoms with E-state index < -0.39 is 11.6 Å². The van der Waals surface area contributed by atoms with Gasteiger partial charge in [0.1, 0.15) is 11.3 Å². The predicted molar refractivity (Wildman–Crippen MR) is 110 cm³/mol. The number of nitrogens with two attached hydrogens (primary N) is 1. The van der Waals surface area contributed by atoms with Crippen molar-refractivity contribution < 1.29 is 19.1 Å². The number of hydrogen-bond donors (Lipinski definition) is 2. The van der Waals surface area contributed by atoms with Crippen molar-refractivity contribution in [3.05, 3.63) is 71.4 Å². The molecule has 1 aliphatic rings. The largest absolute Gasteiger partial charge is 0.497 e. The lowest BCUT2D eigenvalue weighted by Gasteiger charge is -2.33. The summed E-state index contributed by atoms with van der Waals surface area (Å²) in [6.45, 7) is 0.220. The molecule has 1 aliphatic heterocycles. The van der Waals surface area contributed by atoms with Crippen LogP contribution < -0.4 is 15.8 Å². The zero-order chi connectivity index (χ0) is 21.3. The Morgan fingerprint density at radius 3 is 2.87 bits per heavy atom. The summed E-state index contributed by atoms with van der Waals surface area (Å²) in [5.41, 5.74) is 6.48. The van der Waals surface area contributed by atoms with E-state index in [-0.39, 0.29) is 19.0 Å². The summed E-state index contributed by atoms with van der Waals surface area (Å²) >= 11 is 0. The van der Waals surface area contributed by atoms with E-state index in [4.69, 9.17) is 10.5 Å². The number of urea groups is 1. The van der Waals surface area contributed by atoms with Gasteiger partial charge in [0.15, 0.2) is 6.29 Å². The van der Waals surface area contributed by atoms with Crippen molar-refractivity contribution >= 4 is 29.1 Å². The molecule has 0 saturated carbocycles. The van der Waals surface area contributed by atoms with Gasteiger partial charge in [-0.15, -0.1) is 0 Å². The fraction of sp³-hybridized carbons (Fsp3) is 0.182. The molecule has 8 heteroatoms. The normalized spacial score (nSPS) is 14.8. The van der Waals surface area contributed by atoms with E-state index in [1.807, 2.05) is 6.07 Å². The number of nitrogens with one attached hydrogen (secondary N) is 1. The Morgan fingerprint density at radius 2 is 2.13 bits per heavy atom. The van der Waals surface area contributed by atoms with Gasteiger partial charge < -0.3 is 25.5 Å². The molecule has 0 saturated heterocycles. The SMILES string of the molecule is COc1ccc2c(c1)CN(CC(C=O)(NC(N)=O)c1ccc3ncccc3c1)C2=O. The first-order valence-electron chi connectivity index (χ1n) is 9.31. The van der Waals surface area contributed by atoms with Crippen LogP contribution in [0.3, 0.4) is 0 Å². The quantitative estimate of drug-likeness (QED) is 0.610. The van der Waals surface area contributed by atoms with Crippen LogP contribution in [0.2, 0.25) is 0 Å². The molecule has 2 heterocycles. The number of carbonyl (C=O) groups excluding carboxylic acids is 3. The van der Waals surface area contributed by atoms with E-state index in [0.29, 0.717) is 23.2 Å². The molecule has 1 aromatic heterocycles. The molecule has 4 rings (SSSR count). The van der Waals surface area contributed by atoms with Gasteiger partial charge in [0.2, 0.25) is 0 Å². The Morgan fingerprint density at radius 1 is 1.30 bits per heavy atom. The third kappa shape index (κ3) is 3.32. The number of fused-ring (bicyclic) bond motifs is 2. The third-order valence-corrected chi connectivity index (χ3v) is 5.30. The highest BCUT2D eigenvalue weighted by Crippen LogP contribution is 2.31. The number of benzene rings is 2. The van der Waals surface area contributed by atoms with Gasteiger partial charge in [0.25, 0.3) is 5.91 Å². The summed E-state index contributed by atoms with van der Waals surface area (Å²) in [4.78, 5) is 42.8. The van der Waals surface area contributed by atoms with Crippen molar-refractivity contribution in [2.45, 2.75) is 12.1 Å². The van der Waals surface area contributed by atoms with Crippen molar-refractivity contribution in [3.8, 4) is 5.75 Å². The molecule has 0 spiro atoms. The van der Waals surface area contributed by atoms with Gasteiger partial charge in [-0.25, -0.2) is 4.79 Å². The number of pyridine rings is 1. The molecular formula is C22H20N4O4. The van der Waals surface area contributed by atoms with E-state index in [9.17, 15) is 14.4 Å². The number of aldehydes is 1. The van der Waals surface area contributed by atoms with Crippen molar-refractivity contribution in [1.29, 1.82) is 0 Å². The first-order chi connectivity index (χ1) is 14.5. The van der Waals surface area contributed by atoms with E-state index in [2.05, 4.69) is 10.3 Å². The number of primary amides is 1. The Bertz CT molecular complexity index is 1160. The van der Waals surface area contributed by atoms with Crippen LogP contribution in [0.25, 0.3) is 10.9 Å². The number of hydrogen-bond acceptors (Lipinski definition) is 5. The fourth-order valence-corrected chi connectivity index (χ4v) is 3.82. The lowest BCUT2D eigenvalue weighted by molar-refractivity contribution is -0.113. The molecule has 0 radical (unpaired) electrons. The Balaban J connectivity index is 1.73. The maximum absolute atomic E-state index is 12.9. The number of amides is 3. The Kier molecular flexibility index (Phi) is 4.83. The monoisotopic (exact) mass is 404 g/mol. The van der Waals surface area contributed by atoms with Gasteiger partial charge >= 0.3 is 6.03 Å². The maximum Gasteiger partial charge on any atom is 0.313 e. The Labute approximate surface area is 172 Å². The first-order valence-corrected chi connectivity index (χ1v) is 9.31. The standard InChI is InChI=1S/C22H20N4O4/c1-30-17-5-6-18-15(10-17)11-26(20(18)28)12-22(13-27,25-21(23)29)16-4-7-19-14(9-16)3-2-8-24-19/h2-10,13H,11-12H2,1H3,(H3,23,25,29). The van der Waals surface area contributed by atoms with Crippen LogP contribution in [-0.2, 0) is 16.9 Å². The van der Waals surface area contributed by atoms with Crippen molar-refractivity contribution in [2.75, 3.05) is 13.7 Å². The average molecular weight is 404 g/mol. The highest BCUT2D eigenvalue weighted by molar-refractivity contribution is 5.99. The molecule has 0 aliphatic carbocycles. The number of ether oxygens (including phenoxy) is 1. The second-order valence-corrected chi connectivity index (χ2v) is 7.17. The number of rotatable bonds is 6. The summed E-state index contributed by atoms with van der Waals surface area (Å²) in [6, 6.07) is 13.2. The lowest BCUT2D eigenvalue weighted by atomic mass is 9.89. The zero-order valence-electron chi connectivity index (χ0n) is 16.3. The van der Waals surface area contributed by atoms with Crippen LogP contribution in [0.1, 0.15) is 21.5 Å². The summed E-state index contributed by atoms with van der Waals surface area (Å²) in [6.07, 6.45) is 2.29. The number of carbonyl (C=O) groups is 3. The minimum Gasteiger partial charge on any atom is -0.497 e. The first kappa shape index (κ1) is 19.4. The fourth-order valence-electron chi connectivity index (χ4n) is 3.82. The zero-order valence-corrected chi connectivity index (χ0v) is 16.3. The van der Waals surface area contributed by atoms with Gasteiger partial charge in [-0.3, -0.25) is 9.78 Å². The van der Waals surface area contributed by atoms with E-state index in [1.54, 1.807) is 55.8 Å². The number of aromatic nitrogens is 1. The Hall–Kier alpha value is -3.94. The molecule has 0 fully saturated rings. The van der Waals surface area contributed by atoms with E-state index in [1.165, 1.54) is 4.90 Å². The number of nitrogens with zero attached hydrogens (tertiary/aromatic N) is 2. The van der Waals surface area contributed by atoms with Crippen molar-refractivity contribution in [3.63, 3.8) is 0 Å². The molecule has 0 bridgehead atoms. The van der Waals surface area contributed by atoms with Crippen LogP contribution in [0, 0.1) is 0 Å². The smallest absolute Gasteiger partial charge is 0.313 e. The molecule has 30 heavy (non-hydrogen) atoms. The molecule has 1 atom stereocenters. The van der Waals surface area contributed by atoms with Crippen molar-refractivity contribution in [2.24, 2.45) is 5.73 Å². The van der Waals surface area contributed by atoms with E-state index >= 15 is 0 Å². The topological polar surface area (TPSA) is 115 Å². The minimum atomic E-state index is -1.50. The predicted octanol–water partition coefficient (Wildman–Crippen LogP) is 1.96. The van der Waals surface area contributed by atoms with E-state index in [0.717, 1.165) is 16.5 Å². The highest BCUT2D eigenvalue weighted by Gasteiger charge is 2.40. The third-order valence-electron chi connectivity index (χ3n) is 5.30. The molecule has 3 amide bonds. The van der Waals surface area contributed by atoms with Gasteiger partial charge in [-0.05, 0) is 47.5 Å². The van der Waals surface area contributed by atoms with Crippen LogP contribution in [-0.4, -0.2) is 41.8 Å². The molecule has 2 aromatic carbocycles. The molecule has 3 N–H and O–H groups in total. The highest BCUT2D eigenvalue weighted by atomic mass is 16.5. The van der Waals surface area contributed by atoms with Crippen LogP contribution in [0.5, 0.6) is 5.75 Å². The van der Waals surface area contributed by atoms with Crippen LogP contribution >= 0.6 is 0 Å². The second-order valence-electron chi connectivity index (χ2n) is 7.17.